The number of likely N-dealkylation sites (N-methyl/N-ethyl adjacent to an activating group) is 1. The fourth-order valence-corrected chi connectivity index (χ4v) is 3.48. The molecule has 2 aliphatic rings. The minimum absolute atomic E-state index is 0.0553. The van der Waals surface area contributed by atoms with Crippen LogP contribution in [0.15, 0.2) is 0 Å². The van der Waals surface area contributed by atoms with E-state index < -0.39 is 5.97 Å². The van der Waals surface area contributed by atoms with Crippen LogP contribution in [-0.2, 0) is 9.53 Å². The molecule has 1 saturated heterocycles. The molecule has 0 aromatic heterocycles. The first-order chi connectivity index (χ1) is 8.58. The molecule has 1 aliphatic heterocycles. The average Bonchev–Trinajstić information content (AvgIpc) is 2.77. The minimum atomic E-state index is -0.721. The summed E-state index contributed by atoms with van der Waals surface area (Å²) in [4.78, 5) is 13.4. The van der Waals surface area contributed by atoms with Crippen molar-refractivity contribution in [1.29, 1.82) is 0 Å². The number of carboxylic acids is 1. The quantitative estimate of drug-likeness (QED) is 0.833. The Balaban J connectivity index is 1.86. The van der Waals surface area contributed by atoms with Crippen LogP contribution < -0.4 is 0 Å². The molecule has 0 amide bonds. The van der Waals surface area contributed by atoms with Crippen LogP contribution in [-0.4, -0.2) is 48.8 Å². The molecular weight excluding hydrogens is 230 g/mol. The largest absolute Gasteiger partial charge is 0.481 e. The van der Waals surface area contributed by atoms with Crippen molar-refractivity contribution in [2.24, 2.45) is 17.8 Å². The molecule has 1 heterocycles. The van der Waals surface area contributed by atoms with Gasteiger partial charge in [0, 0.05) is 12.6 Å². The van der Waals surface area contributed by atoms with Gasteiger partial charge in [-0.25, -0.2) is 0 Å². The number of carbonyl (C=O) groups is 1. The monoisotopic (exact) mass is 255 g/mol. The molecule has 4 unspecified atom stereocenters. The van der Waals surface area contributed by atoms with E-state index in [9.17, 15) is 9.90 Å². The van der Waals surface area contributed by atoms with Crippen molar-refractivity contribution in [3.8, 4) is 0 Å². The predicted octanol–water partition coefficient (Wildman–Crippen LogP) is 1.84. The number of hydrogen-bond acceptors (Lipinski definition) is 3. The van der Waals surface area contributed by atoms with Crippen LogP contribution in [0.4, 0.5) is 0 Å². The van der Waals surface area contributed by atoms with Gasteiger partial charge in [0.1, 0.15) is 0 Å². The van der Waals surface area contributed by atoms with E-state index in [1.165, 1.54) is 25.7 Å². The maximum Gasteiger partial charge on any atom is 0.310 e. The maximum atomic E-state index is 11.2. The summed E-state index contributed by atoms with van der Waals surface area (Å²) in [6, 6.07) is 0.0553. The van der Waals surface area contributed by atoms with E-state index in [0.717, 1.165) is 18.4 Å². The topological polar surface area (TPSA) is 49.8 Å². The molecule has 4 atom stereocenters. The Kier molecular flexibility index (Phi) is 4.62. The van der Waals surface area contributed by atoms with Crippen LogP contribution in [0, 0.1) is 17.8 Å². The number of aliphatic carboxylic acids is 1. The lowest BCUT2D eigenvalue weighted by Crippen LogP contribution is -2.43. The summed E-state index contributed by atoms with van der Waals surface area (Å²) in [6.45, 7) is 4.27. The Hall–Kier alpha value is -0.610. The van der Waals surface area contributed by atoms with E-state index >= 15 is 0 Å². The zero-order valence-corrected chi connectivity index (χ0v) is 11.5. The first-order valence-corrected chi connectivity index (χ1v) is 7.08. The van der Waals surface area contributed by atoms with Gasteiger partial charge < -0.3 is 9.84 Å². The van der Waals surface area contributed by atoms with Gasteiger partial charge in [-0.15, -0.1) is 0 Å². The summed E-state index contributed by atoms with van der Waals surface area (Å²) in [5.74, 6) is 0.485. The fourth-order valence-electron chi connectivity index (χ4n) is 3.48. The lowest BCUT2D eigenvalue weighted by Gasteiger charge is -2.33. The Morgan fingerprint density at radius 3 is 2.83 bits per heavy atom. The summed E-state index contributed by atoms with van der Waals surface area (Å²) >= 11 is 0. The molecule has 1 aliphatic carbocycles. The number of hydrogen-bond donors (Lipinski definition) is 1. The van der Waals surface area contributed by atoms with Crippen molar-refractivity contribution < 1.29 is 14.6 Å². The molecule has 1 saturated carbocycles. The van der Waals surface area contributed by atoms with Crippen molar-refractivity contribution >= 4 is 5.97 Å². The molecule has 18 heavy (non-hydrogen) atoms. The van der Waals surface area contributed by atoms with E-state index in [2.05, 4.69) is 18.9 Å². The van der Waals surface area contributed by atoms with Crippen molar-refractivity contribution in [3.05, 3.63) is 0 Å². The maximum absolute atomic E-state index is 11.2. The zero-order valence-electron chi connectivity index (χ0n) is 11.5. The van der Waals surface area contributed by atoms with Crippen LogP contribution in [0.2, 0.25) is 0 Å². The SMILES string of the molecule is CC1CCCC(CN(C)C2COCC2C(=O)O)C1. The molecular formula is C14H25NO3. The standard InChI is InChI=1S/C14H25NO3/c1-10-4-3-5-11(6-10)7-15(2)13-9-18-8-12(13)14(16)17/h10-13H,3-9H2,1-2H3,(H,16,17). The third-order valence-corrected chi connectivity index (χ3v) is 4.53. The number of nitrogens with zero attached hydrogens (tertiary/aromatic N) is 1. The zero-order chi connectivity index (χ0) is 13.1. The first kappa shape index (κ1) is 13.8. The van der Waals surface area contributed by atoms with Crippen LogP contribution in [0.25, 0.3) is 0 Å². The molecule has 0 bridgehead atoms. The van der Waals surface area contributed by atoms with Gasteiger partial charge in [0.05, 0.1) is 19.1 Å². The smallest absolute Gasteiger partial charge is 0.310 e. The molecule has 104 valence electrons. The number of rotatable bonds is 4. The molecule has 2 rings (SSSR count). The Labute approximate surface area is 109 Å². The summed E-state index contributed by atoms with van der Waals surface area (Å²) in [5, 5.41) is 9.17. The van der Waals surface area contributed by atoms with Gasteiger partial charge in [0.25, 0.3) is 0 Å². The average molecular weight is 255 g/mol. The number of carboxylic acid groups (broad SMARTS) is 1. The Bertz CT molecular complexity index is 295. The summed E-state index contributed by atoms with van der Waals surface area (Å²) in [7, 11) is 2.05. The van der Waals surface area contributed by atoms with Gasteiger partial charge >= 0.3 is 5.97 Å². The van der Waals surface area contributed by atoms with Gasteiger partial charge in [0.2, 0.25) is 0 Å². The van der Waals surface area contributed by atoms with Gasteiger partial charge in [-0.3, -0.25) is 9.69 Å². The highest BCUT2D eigenvalue weighted by atomic mass is 16.5. The molecule has 4 nitrogen and oxygen atoms in total. The van der Waals surface area contributed by atoms with Gasteiger partial charge in [-0.2, -0.15) is 0 Å². The van der Waals surface area contributed by atoms with Crippen LogP contribution in [0.1, 0.15) is 32.6 Å². The third-order valence-electron chi connectivity index (χ3n) is 4.53. The number of ether oxygens (including phenoxy) is 1. The summed E-state index contributed by atoms with van der Waals surface area (Å²) in [6.07, 6.45) is 5.25. The highest BCUT2D eigenvalue weighted by molar-refractivity contribution is 5.71. The summed E-state index contributed by atoms with van der Waals surface area (Å²) in [5.41, 5.74) is 0. The van der Waals surface area contributed by atoms with Gasteiger partial charge in [-0.05, 0) is 31.7 Å². The van der Waals surface area contributed by atoms with Crippen LogP contribution >= 0.6 is 0 Å². The van der Waals surface area contributed by atoms with Crippen LogP contribution in [0.5, 0.6) is 0 Å². The lowest BCUT2D eigenvalue weighted by molar-refractivity contribution is -0.143. The highest BCUT2D eigenvalue weighted by Crippen LogP contribution is 2.30. The van der Waals surface area contributed by atoms with Gasteiger partial charge in [0.15, 0.2) is 0 Å². The molecule has 4 heteroatoms. The summed E-state index contributed by atoms with van der Waals surface area (Å²) < 4.78 is 5.34. The fraction of sp³-hybridized carbons (Fsp3) is 0.929. The van der Waals surface area contributed by atoms with Crippen molar-refractivity contribution in [1.82, 2.24) is 4.90 Å². The van der Waals surface area contributed by atoms with Gasteiger partial charge in [-0.1, -0.05) is 19.8 Å². The van der Waals surface area contributed by atoms with E-state index in [1.807, 2.05) is 0 Å². The van der Waals surface area contributed by atoms with E-state index in [4.69, 9.17) is 4.74 Å². The van der Waals surface area contributed by atoms with Crippen LogP contribution in [0.3, 0.4) is 0 Å². The Morgan fingerprint density at radius 2 is 2.17 bits per heavy atom. The first-order valence-electron chi connectivity index (χ1n) is 7.08. The predicted molar refractivity (Wildman–Crippen MR) is 69.5 cm³/mol. The second-order valence-electron chi connectivity index (χ2n) is 6.13. The minimum Gasteiger partial charge on any atom is -0.481 e. The van der Waals surface area contributed by atoms with Crippen molar-refractivity contribution in [3.63, 3.8) is 0 Å². The molecule has 2 fully saturated rings. The van der Waals surface area contributed by atoms with E-state index in [0.29, 0.717) is 13.2 Å². The highest BCUT2D eigenvalue weighted by Gasteiger charge is 2.37. The van der Waals surface area contributed by atoms with Crippen molar-refractivity contribution in [2.75, 3.05) is 26.8 Å². The molecule has 1 N–H and O–H groups in total. The second kappa shape index (κ2) is 6.02. The molecule has 0 radical (unpaired) electrons. The van der Waals surface area contributed by atoms with Crippen molar-refractivity contribution in [2.45, 2.75) is 38.6 Å². The molecule has 0 spiro atoms. The van der Waals surface area contributed by atoms with E-state index in [1.54, 1.807) is 0 Å². The normalized spacial score (nSPS) is 37.1. The third kappa shape index (κ3) is 3.23. The van der Waals surface area contributed by atoms with E-state index in [-0.39, 0.29) is 12.0 Å². The second-order valence-corrected chi connectivity index (χ2v) is 6.13. The lowest BCUT2D eigenvalue weighted by atomic mass is 9.82. The molecule has 0 aromatic rings. The Morgan fingerprint density at radius 1 is 1.39 bits per heavy atom. The molecule has 0 aromatic carbocycles.